The molecule has 0 saturated carbocycles. The highest BCUT2D eigenvalue weighted by Gasteiger charge is 2.05. The second kappa shape index (κ2) is 9.06. The van der Waals surface area contributed by atoms with Gasteiger partial charge in [-0.1, -0.05) is 43.1 Å². The highest BCUT2D eigenvalue weighted by Crippen LogP contribution is 2.20. The van der Waals surface area contributed by atoms with E-state index in [1.165, 1.54) is 0 Å². The number of amides is 1. The molecule has 0 fully saturated rings. The predicted octanol–water partition coefficient (Wildman–Crippen LogP) is 4.57. The lowest BCUT2D eigenvalue weighted by atomic mass is 10.3. The first-order chi connectivity index (χ1) is 11.2. The van der Waals surface area contributed by atoms with Crippen LogP contribution in [-0.4, -0.2) is 19.1 Å². The summed E-state index contributed by atoms with van der Waals surface area (Å²) in [6.07, 6.45) is 2.10. The first kappa shape index (κ1) is 17.2. The van der Waals surface area contributed by atoms with Crippen molar-refractivity contribution in [3.8, 4) is 5.75 Å². The van der Waals surface area contributed by atoms with Crippen LogP contribution in [0.1, 0.15) is 19.8 Å². The minimum Gasteiger partial charge on any atom is -0.494 e. The highest BCUT2D eigenvalue weighted by atomic mass is 35.5. The van der Waals surface area contributed by atoms with E-state index in [-0.39, 0.29) is 12.5 Å². The summed E-state index contributed by atoms with van der Waals surface area (Å²) in [4.78, 5) is 12.0. The van der Waals surface area contributed by atoms with Crippen LogP contribution in [0.4, 0.5) is 11.4 Å². The molecule has 0 spiro atoms. The first-order valence-corrected chi connectivity index (χ1v) is 8.08. The monoisotopic (exact) mass is 332 g/mol. The van der Waals surface area contributed by atoms with Gasteiger partial charge < -0.3 is 15.4 Å². The number of benzene rings is 2. The maximum absolute atomic E-state index is 12.0. The van der Waals surface area contributed by atoms with Gasteiger partial charge in [-0.15, -0.1) is 0 Å². The lowest BCUT2D eigenvalue weighted by molar-refractivity contribution is -0.114. The number of carbonyl (C=O) groups is 1. The van der Waals surface area contributed by atoms with Gasteiger partial charge >= 0.3 is 0 Å². The third-order valence-electron chi connectivity index (χ3n) is 3.20. The van der Waals surface area contributed by atoms with Crippen LogP contribution in [0, 0.1) is 0 Å². The Hall–Kier alpha value is -2.20. The molecule has 4 nitrogen and oxygen atoms in total. The van der Waals surface area contributed by atoms with Crippen LogP contribution in [0.2, 0.25) is 5.02 Å². The molecule has 0 unspecified atom stereocenters. The van der Waals surface area contributed by atoms with Gasteiger partial charge in [0, 0.05) is 11.8 Å². The summed E-state index contributed by atoms with van der Waals surface area (Å²) in [5, 5.41) is 6.44. The Morgan fingerprint density at radius 3 is 2.78 bits per heavy atom. The van der Waals surface area contributed by atoms with Crippen LogP contribution in [0.15, 0.2) is 48.5 Å². The molecule has 2 rings (SSSR count). The molecule has 0 atom stereocenters. The van der Waals surface area contributed by atoms with Gasteiger partial charge in [-0.2, -0.15) is 0 Å². The summed E-state index contributed by atoms with van der Waals surface area (Å²) >= 11 is 6.04. The Bertz CT molecular complexity index is 646. The fourth-order valence-electron chi connectivity index (χ4n) is 1.98. The molecule has 1 amide bonds. The zero-order valence-corrected chi connectivity index (χ0v) is 13.9. The summed E-state index contributed by atoms with van der Waals surface area (Å²) in [5.74, 6) is 0.617. The largest absolute Gasteiger partial charge is 0.494 e. The second-order valence-electron chi connectivity index (χ2n) is 5.11. The number of para-hydroxylation sites is 1. The number of ether oxygens (including phenoxy) is 1. The van der Waals surface area contributed by atoms with Crippen molar-refractivity contribution in [1.82, 2.24) is 0 Å². The van der Waals surface area contributed by atoms with E-state index in [4.69, 9.17) is 16.3 Å². The van der Waals surface area contributed by atoms with E-state index in [9.17, 15) is 4.79 Å². The third kappa shape index (κ3) is 5.83. The van der Waals surface area contributed by atoms with Crippen molar-refractivity contribution in [2.75, 3.05) is 23.8 Å². The lowest BCUT2D eigenvalue weighted by Crippen LogP contribution is -2.21. The van der Waals surface area contributed by atoms with Crippen LogP contribution in [0.5, 0.6) is 5.75 Å². The Balaban J connectivity index is 1.85. The number of anilines is 2. The molecular formula is C18H21ClN2O2. The Kier molecular flexibility index (Phi) is 6.76. The number of nitrogens with one attached hydrogen (secondary N) is 2. The van der Waals surface area contributed by atoms with Crippen LogP contribution in [0.3, 0.4) is 0 Å². The van der Waals surface area contributed by atoms with E-state index in [1.54, 1.807) is 6.07 Å². The van der Waals surface area contributed by atoms with E-state index in [1.807, 2.05) is 42.5 Å². The molecule has 2 aromatic rings. The molecule has 122 valence electrons. The van der Waals surface area contributed by atoms with Gasteiger partial charge in [-0.3, -0.25) is 4.79 Å². The number of carbonyl (C=O) groups excluding carboxylic acids is 1. The Labute approximate surface area is 141 Å². The number of halogens is 1. The van der Waals surface area contributed by atoms with Gasteiger partial charge in [0.05, 0.1) is 23.9 Å². The average Bonchev–Trinajstić information content (AvgIpc) is 2.55. The fraction of sp³-hybridized carbons (Fsp3) is 0.278. The van der Waals surface area contributed by atoms with E-state index >= 15 is 0 Å². The van der Waals surface area contributed by atoms with Crippen molar-refractivity contribution in [3.63, 3.8) is 0 Å². The Morgan fingerprint density at radius 1 is 1.17 bits per heavy atom. The first-order valence-electron chi connectivity index (χ1n) is 7.70. The topological polar surface area (TPSA) is 50.4 Å². The van der Waals surface area contributed by atoms with Gasteiger partial charge in [-0.05, 0) is 30.7 Å². The van der Waals surface area contributed by atoms with Crippen molar-refractivity contribution < 1.29 is 9.53 Å². The summed E-state index contributed by atoms with van der Waals surface area (Å²) in [6.45, 7) is 2.94. The van der Waals surface area contributed by atoms with Gasteiger partial charge in [0.1, 0.15) is 5.75 Å². The van der Waals surface area contributed by atoms with Crippen molar-refractivity contribution >= 4 is 28.9 Å². The molecular weight excluding hydrogens is 312 g/mol. The average molecular weight is 333 g/mol. The number of rotatable bonds is 8. The summed E-state index contributed by atoms with van der Waals surface area (Å²) in [6, 6.07) is 14.7. The zero-order valence-electron chi connectivity index (χ0n) is 13.1. The third-order valence-corrected chi connectivity index (χ3v) is 3.53. The maximum Gasteiger partial charge on any atom is 0.243 e. The second-order valence-corrected chi connectivity index (χ2v) is 5.52. The summed E-state index contributed by atoms with van der Waals surface area (Å²) in [5.41, 5.74) is 1.45. The van der Waals surface area contributed by atoms with Crippen LogP contribution in [0.25, 0.3) is 0 Å². The number of hydrogen-bond donors (Lipinski definition) is 2. The molecule has 23 heavy (non-hydrogen) atoms. The van der Waals surface area contributed by atoms with Crippen LogP contribution < -0.4 is 15.4 Å². The van der Waals surface area contributed by atoms with Crippen molar-refractivity contribution in [2.45, 2.75) is 19.8 Å². The van der Waals surface area contributed by atoms with Crippen LogP contribution >= 0.6 is 11.6 Å². The standard InChI is InChI=1S/C18H21ClN2O2/c1-2-3-11-23-15-8-6-7-14(12-15)21-18(22)13-20-17-10-5-4-9-16(17)19/h4-10,12,20H,2-3,11,13H2,1H3,(H,21,22). The Morgan fingerprint density at radius 2 is 2.00 bits per heavy atom. The molecule has 2 N–H and O–H groups in total. The molecule has 0 aliphatic carbocycles. The molecule has 2 aromatic carbocycles. The van der Waals surface area contributed by atoms with Gasteiger partial charge in [0.15, 0.2) is 0 Å². The van der Waals surface area contributed by atoms with E-state index in [0.29, 0.717) is 17.3 Å². The minimum absolute atomic E-state index is 0.143. The minimum atomic E-state index is -0.143. The van der Waals surface area contributed by atoms with Crippen LogP contribution in [-0.2, 0) is 4.79 Å². The van der Waals surface area contributed by atoms with E-state index < -0.39 is 0 Å². The zero-order chi connectivity index (χ0) is 16.5. The lowest BCUT2D eigenvalue weighted by Gasteiger charge is -2.10. The normalized spacial score (nSPS) is 10.2. The summed E-state index contributed by atoms with van der Waals surface area (Å²) in [7, 11) is 0. The number of hydrogen-bond acceptors (Lipinski definition) is 3. The molecule has 0 aromatic heterocycles. The SMILES string of the molecule is CCCCOc1cccc(NC(=O)CNc2ccccc2Cl)c1. The van der Waals surface area contributed by atoms with Crippen molar-refractivity contribution in [3.05, 3.63) is 53.6 Å². The van der Waals surface area contributed by atoms with Crippen molar-refractivity contribution in [1.29, 1.82) is 0 Å². The molecule has 0 radical (unpaired) electrons. The molecule has 0 bridgehead atoms. The number of unbranched alkanes of at least 4 members (excludes halogenated alkanes) is 1. The van der Waals surface area contributed by atoms with Crippen molar-refractivity contribution in [2.24, 2.45) is 0 Å². The quantitative estimate of drug-likeness (QED) is 0.696. The van der Waals surface area contributed by atoms with E-state index in [0.717, 1.165) is 24.3 Å². The fourth-order valence-corrected chi connectivity index (χ4v) is 2.19. The van der Waals surface area contributed by atoms with Gasteiger partial charge in [0.25, 0.3) is 0 Å². The van der Waals surface area contributed by atoms with E-state index in [2.05, 4.69) is 17.6 Å². The summed E-state index contributed by atoms with van der Waals surface area (Å²) < 4.78 is 5.63. The van der Waals surface area contributed by atoms with Gasteiger partial charge in [-0.25, -0.2) is 0 Å². The molecule has 5 heteroatoms. The molecule has 0 aliphatic rings. The van der Waals surface area contributed by atoms with Gasteiger partial charge in [0.2, 0.25) is 5.91 Å². The molecule has 0 heterocycles. The maximum atomic E-state index is 12.0. The predicted molar refractivity (Wildman–Crippen MR) is 95.4 cm³/mol. The molecule has 0 saturated heterocycles. The smallest absolute Gasteiger partial charge is 0.243 e. The highest BCUT2D eigenvalue weighted by molar-refractivity contribution is 6.33. The molecule has 0 aliphatic heterocycles.